The number of hydrogen-bond acceptors (Lipinski definition) is 3. The van der Waals surface area contributed by atoms with Crippen molar-refractivity contribution in [1.82, 2.24) is 5.32 Å². The Morgan fingerprint density at radius 3 is 2.14 bits per heavy atom. The molecule has 0 aromatic heterocycles. The number of halogens is 6. The summed E-state index contributed by atoms with van der Waals surface area (Å²) in [5.74, 6) is -1.99. The van der Waals surface area contributed by atoms with Crippen LogP contribution in [-0.2, 0) is 9.59 Å². The van der Waals surface area contributed by atoms with Gasteiger partial charge in [0.25, 0.3) is 5.91 Å². The van der Waals surface area contributed by atoms with Gasteiger partial charge in [-0.2, -0.15) is 26.3 Å². The molecule has 37 heavy (non-hydrogen) atoms. The Morgan fingerprint density at radius 2 is 1.59 bits per heavy atom. The molecule has 2 aromatic rings. The minimum Gasteiger partial charge on any atom is -0.494 e. The van der Waals surface area contributed by atoms with Crippen LogP contribution in [0.5, 0.6) is 5.75 Å². The molecule has 3 rings (SSSR count). The molecule has 5 nitrogen and oxygen atoms in total. The molecular weight excluding hydrogens is 504 g/mol. The molecule has 0 saturated carbocycles. The normalized spacial score (nSPS) is 16.0. The fourth-order valence-corrected chi connectivity index (χ4v) is 3.48. The van der Waals surface area contributed by atoms with Crippen LogP contribution in [-0.4, -0.2) is 42.0 Å². The van der Waals surface area contributed by atoms with Gasteiger partial charge in [-0.3, -0.25) is 4.79 Å². The van der Waals surface area contributed by atoms with E-state index < -0.39 is 48.7 Å². The fourth-order valence-electron chi connectivity index (χ4n) is 3.48. The fraction of sp³-hybridized carbons (Fsp3) is 0.385. The minimum atomic E-state index is -4.63. The van der Waals surface area contributed by atoms with E-state index in [9.17, 15) is 35.9 Å². The first-order valence-electron chi connectivity index (χ1n) is 11.4. The summed E-state index contributed by atoms with van der Waals surface area (Å²) in [5, 5.41) is 10.8. The Balaban J connectivity index is 0.000000271. The molecule has 0 spiro atoms. The zero-order chi connectivity index (χ0) is 27.6. The first kappa shape index (κ1) is 29.7. The van der Waals surface area contributed by atoms with Crippen molar-refractivity contribution in [3.8, 4) is 5.75 Å². The topological polar surface area (TPSA) is 75.6 Å². The average molecular weight is 531 g/mol. The van der Waals surface area contributed by atoms with Crippen LogP contribution in [0.4, 0.5) is 26.3 Å². The molecule has 0 bridgehead atoms. The number of carboxylic acid groups (broad SMARTS) is 1. The minimum absolute atomic E-state index is 0.103. The number of rotatable bonds is 8. The summed E-state index contributed by atoms with van der Waals surface area (Å²) in [4.78, 5) is 22.9. The van der Waals surface area contributed by atoms with E-state index in [1.54, 1.807) is 24.4 Å². The van der Waals surface area contributed by atoms with E-state index in [2.05, 4.69) is 0 Å². The van der Waals surface area contributed by atoms with Gasteiger partial charge in [-0.15, -0.1) is 0 Å². The molecule has 202 valence electrons. The predicted molar refractivity (Wildman–Crippen MR) is 125 cm³/mol. The number of alkyl halides is 6. The van der Waals surface area contributed by atoms with Crippen molar-refractivity contribution < 1.29 is 45.8 Å². The summed E-state index contributed by atoms with van der Waals surface area (Å²) in [7, 11) is 0. The Hall–Kier alpha value is -3.50. The summed E-state index contributed by atoms with van der Waals surface area (Å²) >= 11 is 0. The van der Waals surface area contributed by atoms with Crippen molar-refractivity contribution in [3.05, 3.63) is 71.3 Å². The van der Waals surface area contributed by atoms with Crippen LogP contribution in [0.15, 0.2) is 60.2 Å². The van der Waals surface area contributed by atoms with E-state index >= 15 is 0 Å². The maximum absolute atomic E-state index is 12.8. The lowest BCUT2D eigenvalue weighted by atomic mass is 9.89. The number of carboxylic acids is 1. The van der Waals surface area contributed by atoms with Crippen LogP contribution in [0.25, 0.3) is 5.57 Å². The van der Waals surface area contributed by atoms with Gasteiger partial charge in [-0.1, -0.05) is 48.0 Å². The number of carbonyl (C=O) groups excluding carboxylic acids is 1. The van der Waals surface area contributed by atoms with Crippen molar-refractivity contribution in [1.29, 1.82) is 0 Å². The molecule has 11 heteroatoms. The number of para-hydroxylation sites is 1. The highest BCUT2D eigenvalue weighted by molar-refractivity contribution is 6.22. The number of aryl methyl sites for hydroxylation is 1. The smallest absolute Gasteiger partial charge is 0.408 e. The highest BCUT2D eigenvalue weighted by Gasteiger charge is 2.45. The van der Waals surface area contributed by atoms with Crippen molar-refractivity contribution >= 4 is 17.4 Å². The molecule has 1 aliphatic rings. The third-order valence-corrected chi connectivity index (χ3v) is 5.37. The lowest BCUT2D eigenvalue weighted by Gasteiger charge is -2.28. The van der Waals surface area contributed by atoms with Crippen molar-refractivity contribution in [2.45, 2.75) is 57.4 Å². The molecule has 1 heterocycles. The number of carbonyl (C=O) groups is 2. The molecule has 0 fully saturated rings. The molecule has 1 unspecified atom stereocenters. The first-order chi connectivity index (χ1) is 17.3. The second-order valence-electron chi connectivity index (χ2n) is 8.38. The number of hydrogen-bond donors (Lipinski definition) is 2. The van der Waals surface area contributed by atoms with Gasteiger partial charge < -0.3 is 15.2 Å². The van der Waals surface area contributed by atoms with Crippen LogP contribution in [0.1, 0.15) is 43.2 Å². The monoisotopic (exact) mass is 531 g/mol. The molecule has 0 saturated heterocycles. The van der Waals surface area contributed by atoms with E-state index in [1.165, 1.54) is 12.1 Å². The number of unbranched alkanes of at least 4 members (excludes halogenated alkanes) is 2. The second kappa shape index (κ2) is 13.2. The lowest BCUT2D eigenvalue weighted by molar-refractivity contribution is -0.161. The van der Waals surface area contributed by atoms with Crippen LogP contribution in [0.3, 0.4) is 0 Å². The van der Waals surface area contributed by atoms with E-state index in [4.69, 9.17) is 9.84 Å². The highest BCUT2D eigenvalue weighted by atomic mass is 19.4. The van der Waals surface area contributed by atoms with Crippen LogP contribution in [0.2, 0.25) is 0 Å². The summed E-state index contributed by atoms with van der Waals surface area (Å²) in [5.41, 5.74) is 0.443. The molecule has 1 amide bonds. The number of amides is 1. The number of aliphatic carboxylic acids is 1. The Labute approximate surface area is 210 Å². The molecule has 1 aliphatic heterocycles. The maximum Gasteiger partial charge on any atom is 0.408 e. The summed E-state index contributed by atoms with van der Waals surface area (Å²) < 4.78 is 79.2. The zero-order valence-corrected chi connectivity index (χ0v) is 20.0. The van der Waals surface area contributed by atoms with E-state index in [-0.39, 0.29) is 12.0 Å². The predicted octanol–water partition coefficient (Wildman–Crippen LogP) is 6.47. The summed E-state index contributed by atoms with van der Waals surface area (Å²) in [6.07, 6.45) is -8.56. The lowest BCUT2D eigenvalue weighted by Crippen LogP contribution is -2.49. The Morgan fingerprint density at radius 1 is 0.973 bits per heavy atom. The van der Waals surface area contributed by atoms with Gasteiger partial charge in [-0.05, 0) is 49.5 Å². The van der Waals surface area contributed by atoms with E-state index in [0.717, 1.165) is 11.3 Å². The van der Waals surface area contributed by atoms with Crippen molar-refractivity contribution in [3.63, 3.8) is 0 Å². The standard InChI is InChI=1S/C14H12F3NO3.C12H15F3O/c1-7-2-4-8(5-3-7)9-6-10(14(15,16)17)18-12(19)11(9)13(20)21;13-12(14,15)9-5-2-6-10-16-11-7-3-1-4-8-11/h2-5,10H,6H2,1H3,(H,18,19)(H,20,21);1,3-4,7-8H,2,5-6,9-10H2. The van der Waals surface area contributed by atoms with Gasteiger partial charge in [0.05, 0.1) is 6.61 Å². The highest BCUT2D eigenvalue weighted by Crippen LogP contribution is 2.34. The van der Waals surface area contributed by atoms with Crippen molar-refractivity contribution in [2.75, 3.05) is 6.61 Å². The third-order valence-electron chi connectivity index (χ3n) is 5.37. The van der Waals surface area contributed by atoms with Gasteiger partial charge in [0.2, 0.25) is 0 Å². The van der Waals surface area contributed by atoms with Gasteiger partial charge >= 0.3 is 18.3 Å². The van der Waals surface area contributed by atoms with Gasteiger partial charge in [-0.25, -0.2) is 4.79 Å². The average Bonchev–Trinajstić information content (AvgIpc) is 2.81. The number of benzene rings is 2. The Kier molecular flexibility index (Phi) is 10.6. The number of nitrogens with one attached hydrogen (secondary N) is 1. The summed E-state index contributed by atoms with van der Waals surface area (Å²) in [6, 6.07) is 13.5. The van der Waals surface area contributed by atoms with Gasteiger partial charge in [0.1, 0.15) is 17.4 Å². The van der Waals surface area contributed by atoms with Crippen LogP contribution >= 0.6 is 0 Å². The second-order valence-corrected chi connectivity index (χ2v) is 8.38. The first-order valence-corrected chi connectivity index (χ1v) is 11.4. The third kappa shape index (κ3) is 10.2. The molecule has 0 radical (unpaired) electrons. The van der Waals surface area contributed by atoms with E-state index in [1.807, 2.05) is 30.3 Å². The molecule has 1 atom stereocenters. The molecular formula is C26H27F6NO4. The molecule has 0 aliphatic carbocycles. The number of ether oxygens (including phenoxy) is 1. The Bertz CT molecular complexity index is 1060. The van der Waals surface area contributed by atoms with E-state index in [0.29, 0.717) is 25.0 Å². The van der Waals surface area contributed by atoms with Crippen molar-refractivity contribution in [2.24, 2.45) is 0 Å². The van der Waals surface area contributed by atoms with Crippen LogP contribution < -0.4 is 10.1 Å². The van der Waals surface area contributed by atoms with Crippen LogP contribution in [0, 0.1) is 6.92 Å². The quantitative estimate of drug-likeness (QED) is 0.233. The molecule has 2 aromatic carbocycles. The largest absolute Gasteiger partial charge is 0.494 e. The molecule has 2 N–H and O–H groups in total. The van der Waals surface area contributed by atoms with Gasteiger partial charge in [0, 0.05) is 12.8 Å². The van der Waals surface area contributed by atoms with Gasteiger partial charge in [0.15, 0.2) is 0 Å². The SMILES string of the molecule is Cc1ccc(C2=C(C(=O)O)C(=O)NC(C(F)(F)F)C2)cc1.FC(F)(F)CCCCCOc1ccccc1. The summed E-state index contributed by atoms with van der Waals surface area (Å²) in [6.45, 7) is 2.27. The zero-order valence-electron chi connectivity index (χ0n) is 20.0. The maximum atomic E-state index is 12.8.